The summed E-state index contributed by atoms with van der Waals surface area (Å²) in [7, 11) is 0. The van der Waals surface area contributed by atoms with Gasteiger partial charge in [0.05, 0.1) is 6.04 Å². The van der Waals surface area contributed by atoms with Gasteiger partial charge in [-0.1, -0.05) is 24.3 Å². The molecule has 9 heteroatoms. The molecule has 4 aliphatic heterocycles. The molecule has 2 saturated heterocycles. The molecule has 3 aromatic rings. The molecule has 5 heterocycles. The first-order valence-corrected chi connectivity index (χ1v) is 13.0. The molecule has 0 spiro atoms. The number of hydrogen-bond donors (Lipinski definition) is 1. The van der Waals surface area contributed by atoms with Gasteiger partial charge in [-0.05, 0) is 48.6 Å². The fourth-order valence-electron chi connectivity index (χ4n) is 6.29. The molecule has 0 bridgehead atoms. The van der Waals surface area contributed by atoms with Crippen molar-refractivity contribution in [2.45, 2.75) is 37.8 Å². The number of carbonyl (C=O) groups is 3. The Morgan fingerprint density at radius 1 is 1.00 bits per heavy atom. The number of nitrogens with zero attached hydrogens (tertiary/aromatic N) is 3. The highest BCUT2D eigenvalue weighted by Gasteiger charge is 2.48. The largest absolute Gasteiger partial charge is 0.454 e. The van der Waals surface area contributed by atoms with Gasteiger partial charge in [-0.15, -0.1) is 0 Å². The van der Waals surface area contributed by atoms with E-state index in [4.69, 9.17) is 9.47 Å². The van der Waals surface area contributed by atoms with Gasteiger partial charge in [-0.3, -0.25) is 14.4 Å². The van der Waals surface area contributed by atoms with Gasteiger partial charge in [0.15, 0.2) is 11.5 Å². The van der Waals surface area contributed by atoms with E-state index in [1.165, 1.54) is 4.90 Å². The van der Waals surface area contributed by atoms with E-state index < -0.39 is 12.1 Å². The molecule has 9 nitrogen and oxygen atoms in total. The summed E-state index contributed by atoms with van der Waals surface area (Å²) in [6, 6.07) is 12.5. The van der Waals surface area contributed by atoms with Gasteiger partial charge >= 0.3 is 0 Å². The molecule has 0 radical (unpaired) electrons. The van der Waals surface area contributed by atoms with Crippen molar-refractivity contribution in [1.82, 2.24) is 19.7 Å². The van der Waals surface area contributed by atoms with Crippen molar-refractivity contribution in [2.75, 3.05) is 33.0 Å². The van der Waals surface area contributed by atoms with Gasteiger partial charge in [0.1, 0.15) is 19.1 Å². The first kappa shape index (κ1) is 22.2. The van der Waals surface area contributed by atoms with Crippen molar-refractivity contribution >= 4 is 28.6 Å². The number of aromatic nitrogens is 1. The second kappa shape index (κ2) is 8.54. The first-order valence-electron chi connectivity index (χ1n) is 13.0. The predicted molar refractivity (Wildman–Crippen MR) is 134 cm³/mol. The van der Waals surface area contributed by atoms with E-state index in [1.807, 2.05) is 47.4 Å². The number of hydrogen-bond acceptors (Lipinski definition) is 5. The zero-order chi connectivity index (χ0) is 25.1. The lowest BCUT2D eigenvalue weighted by molar-refractivity contribution is -0.160. The number of fused-ring (bicyclic) bond motifs is 5. The van der Waals surface area contributed by atoms with Crippen molar-refractivity contribution in [3.8, 4) is 11.5 Å². The second-order valence-electron chi connectivity index (χ2n) is 10.2. The van der Waals surface area contributed by atoms with Crippen molar-refractivity contribution in [1.29, 1.82) is 0 Å². The minimum atomic E-state index is -0.683. The lowest BCUT2D eigenvalue weighted by Crippen LogP contribution is -2.64. The van der Waals surface area contributed by atoms with E-state index in [1.54, 1.807) is 4.90 Å². The van der Waals surface area contributed by atoms with Crippen LogP contribution in [0.2, 0.25) is 0 Å². The molecular formula is C28H28N4O5. The number of benzene rings is 2. The summed E-state index contributed by atoms with van der Waals surface area (Å²) in [5.74, 6) is 0.873. The summed E-state index contributed by atoms with van der Waals surface area (Å²) in [5.41, 5.74) is 3.76. The van der Waals surface area contributed by atoms with Crippen molar-refractivity contribution in [3.05, 3.63) is 59.3 Å². The SMILES string of the molecule is O=C(CN1CC(=O)N2[C@H](c3ccc4c(c3)OCO4)c3[nH]c4ccccc4c3C[C@@H]2C1=O)N1CCCCC1. The maximum absolute atomic E-state index is 13.9. The van der Waals surface area contributed by atoms with Gasteiger partial charge in [-0.25, -0.2) is 0 Å². The normalized spacial score (nSPS) is 22.9. The number of nitrogens with one attached hydrogen (secondary N) is 1. The standard InChI is InChI=1S/C28H28N4O5/c33-24(30-10-4-1-5-11-30)14-31-15-25(34)32-21(28(31)35)13-19-18-6-2-3-7-20(18)29-26(19)27(32)17-8-9-22-23(12-17)37-16-36-22/h2-3,6-9,12,21,27,29H,1,4-5,10-11,13-16H2/t21-,27-/m1/s1. The Hall–Kier alpha value is -4.01. The molecule has 2 atom stereocenters. The van der Waals surface area contributed by atoms with Crippen LogP contribution in [0.5, 0.6) is 11.5 Å². The number of rotatable bonds is 3. The number of carbonyl (C=O) groups excluding carboxylic acids is 3. The fourth-order valence-corrected chi connectivity index (χ4v) is 6.29. The number of ether oxygens (including phenoxy) is 2. The van der Waals surface area contributed by atoms with Gasteiger partial charge in [0.25, 0.3) is 0 Å². The van der Waals surface area contributed by atoms with E-state index in [2.05, 4.69) is 4.98 Å². The lowest BCUT2D eigenvalue weighted by atomic mass is 9.86. The van der Waals surface area contributed by atoms with Crippen molar-refractivity contribution in [2.24, 2.45) is 0 Å². The molecule has 37 heavy (non-hydrogen) atoms. The highest BCUT2D eigenvalue weighted by Crippen LogP contribution is 2.44. The molecule has 3 amide bonds. The summed E-state index contributed by atoms with van der Waals surface area (Å²) >= 11 is 0. The Labute approximate surface area is 213 Å². The number of piperidine rings is 1. The Bertz CT molecular complexity index is 1430. The van der Waals surface area contributed by atoms with Crippen LogP contribution in [0.1, 0.15) is 42.1 Å². The molecule has 4 aliphatic rings. The highest BCUT2D eigenvalue weighted by atomic mass is 16.7. The third kappa shape index (κ3) is 3.55. The fraction of sp³-hybridized carbons (Fsp3) is 0.393. The van der Waals surface area contributed by atoms with Gasteiger partial charge in [0.2, 0.25) is 24.5 Å². The van der Waals surface area contributed by atoms with E-state index in [-0.39, 0.29) is 37.6 Å². The molecule has 0 aliphatic carbocycles. The Balaban J connectivity index is 1.28. The Morgan fingerprint density at radius 3 is 2.68 bits per heavy atom. The number of aromatic amines is 1. The van der Waals surface area contributed by atoms with Crippen LogP contribution in [0.3, 0.4) is 0 Å². The van der Waals surface area contributed by atoms with Crippen molar-refractivity contribution < 1.29 is 23.9 Å². The number of para-hydroxylation sites is 1. The number of likely N-dealkylation sites (tertiary alicyclic amines) is 1. The topological polar surface area (TPSA) is 95.2 Å². The second-order valence-corrected chi connectivity index (χ2v) is 10.2. The molecule has 2 fully saturated rings. The van der Waals surface area contributed by atoms with Crippen LogP contribution in [0.4, 0.5) is 0 Å². The Morgan fingerprint density at radius 2 is 1.81 bits per heavy atom. The van der Waals surface area contributed by atoms with Crippen molar-refractivity contribution in [3.63, 3.8) is 0 Å². The van der Waals surface area contributed by atoms with Crippen LogP contribution in [-0.4, -0.2) is 76.4 Å². The molecule has 0 unspecified atom stereocenters. The number of piperazine rings is 1. The van der Waals surface area contributed by atoms with E-state index >= 15 is 0 Å². The van der Waals surface area contributed by atoms with Crippen LogP contribution >= 0.6 is 0 Å². The quantitative estimate of drug-likeness (QED) is 0.597. The monoisotopic (exact) mass is 500 g/mol. The molecule has 0 saturated carbocycles. The minimum absolute atomic E-state index is 0.0512. The first-order chi connectivity index (χ1) is 18.1. The summed E-state index contributed by atoms with van der Waals surface area (Å²) in [6.07, 6.45) is 3.49. The highest BCUT2D eigenvalue weighted by molar-refractivity contribution is 5.99. The number of amides is 3. The Kier molecular flexibility index (Phi) is 5.12. The molecule has 7 rings (SSSR count). The van der Waals surface area contributed by atoms with Crippen LogP contribution < -0.4 is 9.47 Å². The summed E-state index contributed by atoms with van der Waals surface area (Å²) in [4.78, 5) is 49.1. The molecular weight excluding hydrogens is 472 g/mol. The van der Waals surface area contributed by atoms with Crippen LogP contribution in [0, 0.1) is 0 Å². The number of H-pyrrole nitrogens is 1. The minimum Gasteiger partial charge on any atom is -0.454 e. The summed E-state index contributed by atoms with van der Waals surface area (Å²) in [5, 5.41) is 1.05. The van der Waals surface area contributed by atoms with E-state index in [0.29, 0.717) is 17.9 Å². The smallest absolute Gasteiger partial charge is 0.246 e. The van der Waals surface area contributed by atoms with Crippen LogP contribution in [0.25, 0.3) is 10.9 Å². The van der Waals surface area contributed by atoms with Gasteiger partial charge in [-0.2, -0.15) is 0 Å². The maximum Gasteiger partial charge on any atom is 0.246 e. The van der Waals surface area contributed by atoms with E-state index in [0.717, 1.165) is 60.1 Å². The zero-order valence-electron chi connectivity index (χ0n) is 20.4. The third-order valence-electron chi connectivity index (χ3n) is 8.09. The molecule has 190 valence electrons. The zero-order valence-corrected chi connectivity index (χ0v) is 20.4. The van der Waals surface area contributed by atoms with E-state index in [9.17, 15) is 14.4 Å². The molecule has 1 N–H and O–H groups in total. The predicted octanol–water partition coefficient (Wildman–Crippen LogP) is 2.59. The average Bonchev–Trinajstić information content (AvgIpc) is 3.55. The van der Waals surface area contributed by atoms with Crippen LogP contribution in [0.15, 0.2) is 42.5 Å². The van der Waals surface area contributed by atoms with Crippen LogP contribution in [-0.2, 0) is 20.8 Å². The summed E-state index contributed by atoms with van der Waals surface area (Å²) < 4.78 is 11.1. The van der Waals surface area contributed by atoms with Gasteiger partial charge in [0, 0.05) is 36.1 Å². The lowest BCUT2D eigenvalue weighted by Gasteiger charge is -2.47. The maximum atomic E-state index is 13.9. The molecule has 2 aromatic carbocycles. The average molecular weight is 501 g/mol. The third-order valence-corrected chi connectivity index (χ3v) is 8.09. The molecule has 1 aromatic heterocycles. The summed E-state index contributed by atoms with van der Waals surface area (Å²) in [6.45, 7) is 1.44. The van der Waals surface area contributed by atoms with Gasteiger partial charge < -0.3 is 29.2 Å².